The molecule has 0 aliphatic carbocycles. The highest BCUT2D eigenvalue weighted by Gasteiger charge is 2.04. The lowest BCUT2D eigenvalue weighted by Crippen LogP contribution is -2.37. The summed E-state index contributed by atoms with van der Waals surface area (Å²) in [6, 6.07) is 0.00732. The average Bonchev–Trinajstić information content (AvgIpc) is 2.22. The summed E-state index contributed by atoms with van der Waals surface area (Å²) in [5.41, 5.74) is 5.49. The molecule has 0 saturated heterocycles. The molecule has 1 unspecified atom stereocenters. The number of hydrogen-bond acceptors (Lipinski definition) is 2. The minimum atomic E-state index is 0.00732. The van der Waals surface area contributed by atoms with E-state index in [0.717, 1.165) is 32.5 Å². The van der Waals surface area contributed by atoms with Crippen molar-refractivity contribution in [3.63, 3.8) is 0 Å². The maximum Gasteiger partial charge on any atom is 0.317 e. The van der Waals surface area contributed by atoms with Gasteiger partial charge in [0.1, 0.15) is 0 Å². The Morgan fingerprint density at radius 2 is 2.21 bits per heavy atom. The monoisotopic (exact) mass is 201 g/mol. The van der Waals surface area contributed by atoms with Crippen LogP contribution in [0.3, 0.4) is 0 Å². The molecular weight excluding hydrogens is 178 g/mol. The number of nitrogens with one attached hydrogen (secondary N) is 1. The molecule has 84 valence electrons. The van der Waals surface area contributed by atoms with Crippen LogP contribution in [0.1, 0.15) is 26.7 Å². The van der Waals surface area contributed by atoms with Crippen LogP contribution in [-0.4, -0.2) is 37.6 Å². The molecule has 0 rings (SSSR count). The van der Waals surface area contributed by atoms with Gasteiger partial charge in [-0.1, -0.05) is 6.92 Å². The molecule has 0 bridgehead atoms. The Balaban J connectivity index is 3.40. The second-order valence-corrected chi connectivity index (χ2v) is 3.73. The Morgan fingerprint density at radius 3 is 2.71 bits per heavy atom. The van der Waals surface area contributed by atoms with E-state index in [9.17, 15) is 4.79 Å². The molecule has 0 spiro atoms. The summed E-state index contributed by atoms with van der Waals surface area (Å²) in [6.45, 7) is 6.29. The van der Waals surface area contributed by atoms with Crippen LogP contribution >= 0.6 is 0 Å². The van der Waals surface area contributed by atoms with E-state index in [1.165, 1.54) is 0 Å². The second-order valence-electron chi connectivity index (χ2n) is 3.73. The summed E-state index contributed by atoms with van der Waals surface area (Å²) in [5, 5.41) is 2.86. The molecule has 0 aromatic heterocycles. The van der Waals surface area contributed by atoms with Crippen LogP contribution in [0.4, 0.5) is 4.79 Å². The molecule has 4 heteroatoms. The number of carbonyl (C=O) groups excluding carboxylic acids is 1. The van der Waals surface area contributed by atoms with Gasteiger partial charge in [0.25, 0.3) is 0 Å². The lowest BCUT2D eigenvalue weighted by atomic mass is 10.1. The van der Waals surface area contributed by atoms with Crippen LogP contribution in [0.5, 0.6) is 0 Å². The normalized spacial score (nSPS) is 12.3. The van der Waals surface area contributed by atoms with Crippen LogP contribution in [0.2, 0.25) is 0 Å². The van der Waals surface area contributed by atoms with Crippen molar-refractivity contribution in [1.29, 1.82) is 0 Å². The van der Waals surface area contributed by atoms with Gasteiger partial charge >= 0.3 is 6.03 Å². The Kier molecular flexibility index (Phi) is 7.20. The van der Waals surface area contributed by atoms with E-state index in [1.54, 1.807) is 11.9 Å². The molecule has 0 radical (unpaired) electrons. The number of hydrogen-bond donors (Lipinski definition) is 2. The van der Waals surface area contributed by atoms with E-state index in [1.807, 2.05) is 6.92 Å². The molecule has 3 N–H and O–H groups in total. The molecule has 0 aliphatic rings. The van der Waals surface area contributed by atoms with Crippen molar-refractivity contribution in [3.8, 4) is 0 Å². The fourth-order valence-electron chi connectivity index (χ4n) is 1.04. The maximum atomic E-state index is 11.3. The van der Waals surface area contributed by atoms with E-state index in [0.29, 0.717) is 5.92 Å². The van der Waals surface area contributed by atoms with Crippen molar-refractivity contribution in [2.24, 2.45) is 11.7 Å². The van der Waals surface area contributed by atoms with E-state index < -0.39 is 0 Å². The van der Waals surface area contributed by atoms with Crippen LogP contribution in [0, 0.1) is 5.92 Å². The number of nitrogens with zero attached hydrogens (tertiary/aromatic N) is 1. The van der Waals surface area contributed by atoms with Crippen LogP contribution in [-0.2, 0) is 0 Å². The second kappa shape index (κ2) is 7.62. The Morgan fingerprint density at radius 1 is 1.57 bits per heavy atom. The summed E-state index contributed by atoms with van der Waals surface area (Å²) in [5.74, 6) is 0.552. The first kappa shape index (κ1) is 13.2. The van der Waals surface area contributed by atoms with Gasteiger partial charge in [0.05, 0.1) is 0 Å². The predicted molar refractivity (Wildman–Crippen MR) is 59.2 cm³/mol. The fraction of sp³-hybridized carbons (Fsp3) is 0.900. The average molecular weight is 201 g/mol. The molecule has 0 aromatic rings. The maximum absolute atomic E-state index is 11.3. The molecular formula is C10H23N3O. The van der Waals surface area contributed by atoms with Crippen molar-refractivity contribution in [2.75, 3.05) is 26.7 Å². The summed E-state index contributed by atoms with van der Waals surface area (Å²) >= 11 is 0. The van der Waals surface area contributed by atoms with Gasteiger partial charge in [-0.2, -0.15) is 0 Å². The summed E-state index contributed by atoms with van der Waals surface area (Å²) in [6.07, 6.45) is 2.08. The predicted octanol–water partition coefficient (Wildman–Crippen LogP) is 1.02. The highest BCUT2D eigenvalue weighted by molar-refractivity contribution is 5.73. The Hall–Kier alpha value is -0.770. The van der Waals surface area contributed by atoms with Crippen molar-refractivity contribution in [2.45, 2.75) is 26.7 Å². The zero-order chi connectivity index (χ0) is 11.0. The van der Waals surface area contributed by atoms with Crippen molar-refractivity contribution in [3.05, 3.63) is 0 Å². The number of amides is 2. The van der Waals surface area contributed by atoms with Gasteiger partial charge in [-0.3, -0.25) is 0 Å². The lowest BCUT2D eigenvalue weighted by Gasteiger charge is -2.15. The van der Waals surface area contributed by atoms with Gasteiger partial charge in [-0.05, 0) is 32.2 Å². The third kappa shape index (κ3) is 5.80. The number of rotatable bonds is 6. The molecule has 1 atom stereocenters. The topological polar surface area (TPSA) is 58.4 Å². The van der Waals surface area contributed by atoms with E-state index in [-0.39, 0.29) is 6.03 Å². The van der Waals surface area contributed by atoms with E-state index in [2.05, 4.69) is 12.2 Å². The van der Waals surface area contributed by atoms with Gasteiger partial charge in [-0.15, -0.1) is 0 Å². The van der Waals surface area contributed by atoms with Gasteiger partial charge in [-0.25, -0.2) is 4.79 Å². The zero-order valence-electron chi connectivity index (χ0n) is 9.55. The molecule has 0 saturated carbocycles. The minimum absolute atomic E-state index is 0.00732. The lowest BCUT2D eigenvalue weighted by molar-refractivity contribution is 0.210. The van der Waals surface area contributed by atoms with Crippen molar-refractivity contribution in [1.82, 2.24) is 10.2 Å². The molecule has 0 fully saturated rings. The van der Waals surface area contributed by atoms with Crippen molar-refractivity contribution >= 4 is 6.03 Å². The Bertz CT molecular complexity index is 161. The SMILES string of the molecule is CCN(C)C(=O)NCCCC(C)CN. The standard InChI is InChI=1S/C10H23N3O/c1-4-13(3)10(14)12-7-5-6-9(2)8-11/h9H,4-8,11H2,1-3H3,(H,12,14). The number of nitrogens with two attached hydrogens (primary N) is 1. The van der Waals surface area contributed by atoms with Crippen LogP contribution < -0.4 is 11.1 Å². The third-order valence-corrected chi connectivity index (χ3v) is 2.37. The van der Waals surface area contributed by atoms with Crippen molar-refractivity contribution < 1.29 is 4.79 Å². The molecule has 0 aliphatic heterocycles. The first-order valence-corrected chi connectivity index (χ1v) is 5.30. The van der Waals surface area contributed by atoms with E-state index >= 15 is 0 Å². The number of urea groups is 1. The molecule has 0 aromatic carbocycles. The molecule has 4 nitrogen and oxygen atoms in total. The van der Waals surface area contributed by atoms with Gasteiger partial charge in [0.2, 0.25) is 0 Å². The minimum Gasteiger partial charge on any atom is -0.338 e. The Labute approximate surface area is 86.8 Å². The van der Waals surface area contributed by atoms with Gasteiger partial charge in [0.15, 0.2) is 0 Å². The van der Waals surface area contributed by atoms with Crippen LogP contribution in [0.25, 0.3) is 0 Å². The fourth-order valence-corrected chi connectivity index (χ4v) is 1.04. The quantitative estimate of drug-likeness (QED) is 0.630. The number of carbonyl (C=O) groups is 1. The highest BCUT2D eigenvalue weighted by Crippen LogP contribution is 2.01. The molecule has 0 heterocycles. The summed E-state index contributed by atoms with van der Waals surface area (Å²) in [7, 11) is 1.79. The zero-order valence-corrected chi connectivity index (χ0v) is 9.55. The molecule has 14 heavy (non-hydrogen) atoms. The summed E-state index contributed by atoms with van der Waals surface area (Å²) in [4.78, 5) is 12.9. The smallest absolute Gasteiger partial charge is 0.317 e. The largest absolute Gasteiger partial charge is 0.338 e. The third-order valence-electron chi connectivity index (χ3n) is 2.37. The first-order chi connectivity index (χ1) is 6.61. The highest BCUT2D eigenvalue weighted by atomic mass is 16.2. The van der Waals surface area contributed by atoms with Gasteiger partial charge in [0, 0.05) is 20.1 Å². The summed E-state index contributed by atoms with van der Waals surface area (Å²) < 4.78 is 0. The van der Waals surface area contributed by atoms with Crippen LogP contribution in [0.15, 0.2) is 0 Å². The van der Waals surface area contributed by atoms with Gasteiger partial charge < -0.3 is 16.0 Å². The first-order valence-electron chi connectivity index (χ1n) is 5.30. The molecule has 2 amide bonds. The van der Waals surface area contributed by atoms with E-state index in [4.69, 9.17) is 5.73 Å².